The van der Waals surface area contributed by atoms with Crippen LogP contribution in [0.1, 0.15) is 24.1 Å². The molecule has 134 valence electrons. The molecular weight excluding hydrogens is 416 g/mol. The molecule has 0 aliphatic heterocycles. The molecular formula is C19H18BrClN4O. The summed E-state index contributed by atoms with van der Waals surface area (Å²) in [6.07, 6.45) is 1.56. The van der Waals surface area contributed by atoms with Gasteiger partial charge in [-0.2, -0.15) is 4.98 Å². The zero-order valence-corrected chi connectivity index (χ0v) is 16.4. The van der Waals surface area contributed by atoms with Crippen LogP contribution in [0.5, 0.6) is 5.75 Å². The van der Waals surface area contributed by atoms with Gasteiger partial charge in [0, 0.05) is 11.0 Å². The molecule has 0 spiro atoms. The second kappa shape index (κ2) is 8.38. The van der Waals surface area contributed by atoms with Crippen LogP contribution in [0.25, 0.3) is 0 Å². The number of rotatable bonds is 6. The van der Waals surface area contributed by atoms with Gasteiger partial charge < -0.3 is 15.7 Å². The number of anilines is 3. The Kier molecular flexibility index (Phi) is 5.96. The lowest BCUT2D eigenvalue weighted by Crippen LogP contribution is -2.10. The maximum Gasteiger partial charge on any atom is 0.229 e. The Morgan fingerprint density at radius 2 is 2.00 bits per heavy atom. The third-order valence-corrected chi connectivity index (χ3v) is 4.73. The summed E-state index contributed by atoms with van der Waals surface area (Å²) in [6, 6.07) is 15.0. The monoisotopic (exact) mass is 432 g/mol. The highest BCUT2D eigenvalue weighted by atomic mass is 79.9. The van der Waals surface area contributed by atoms with Crippen molar-refractivity contribution in [2.45, 2.75) is 18.3 Å². The van der Waals surface area contributed by atoms with E-state index in [-0.39, 0.29) is 11.8 Å². The molecule has 3 rings (SSSR count). The van der Waals surface area contributed by atoms with Crippen molar-refractivity contribution in [3.8, 4) is 5.75 Å². The van der Waals surface area contributed by atoms with Gasteiger partial charge in [0.25, 0.3) is 0 Å². The maximum absolute atomic E-state index is 9.64. The van der Waals surface area contributed by atoms with E-state index in [2.05, 4.69) is 36.5 Å². The van der Waals surface area contributed by atoms with Crippen molar-refractivity contribution >= 4 is 45.0 Å². The van der Waals surface area contributed by atoms with E-state index in [0.29, 0.717) is 16.8 Å². The molecule has 7 heteroatoms. The standard InChI is InChI=1S/C19H18BrClN4O/c1-12(14-5-3-7-16(26)9-14)23-18-17(21)11-22-19(25-18)24-15-6-2-4-13(8-15)10-20/h2-9,11-12,26H,10H2,1H3,(H2,22,23,24,25)/t12-/m1/s1. The molecule has 3 aromatic rings. The van der Waals surface area contributed by atoms with Crippen LogP contribution in [0, 0.1) is 0 Å². The highest BCUT2D eigenvalue weighted by molar-refractivity contribution is 9.08. The topological polar surface area (TPSA) is 70.1 Å². The fourth-order valence-electron chi connectivity index (χ4n) is 2.47. The molecule has 0 unspecified atom stereocenters. The van der Waals surface area contributed by atoms with Crippen LogP contribution in [-0.4, -0.2) is 15.1 Å². The molecule has 0 saturated heterocycles. The van der Waals surface area contributed by atoms with Crippen LogP contribution in [0.2, 0.25) is 5.02 Å². The fourth-order valence-corrected chi connectivity index (χ4v) is 2.97. The Bertz CT molecular complexity index is 906. The molecule has 0 bridgehead atoms. The highest BCUT2D eigenvalue weighted by Gasteiger charge is 2.11. The fraction of sp³-hybridized carbons (Fsp3) is 0.158. The van der Waals surface area contributed by atoms with Gasteiger partial charge in [0.1, 0.15) is 10.8 Å². The van der Waals surface area contributed by atoms with E-state index in [1.807, 2.05) is 37.3 Å². The summed E-state index contributed by atoms with van der Waals surface area (Å²) in [5, 5.41) is 17.3. The largest absolute Gasteiger partial charge is 0.508 e. The van der Waals surface area contributed by atoms with E-state index >= 15 is 0 Å². The lowest BCUT2D eigenvalue weighted by atomic mass is 10.1. The summed E-state index contributed by atoms with van der Waals surface area (Å²) < 4.78 is 0. The number of hydrogen-bond donors (Lipinski definition) is 3. The van der Waals surface area contributed by atoms with Crippen molar-refractivity contribution in [2.24, 2.45) is 0 Å². The summed E-state index contributed by atoms with van der Waals surface area (Å²) in [4.78, 5) is 8.71. The van der Waals surface area contributed by atoms with Crippen LogP contribution in [0.15, 0.2) is 54.7 Å². The van der Waals surface area contributed by atoms with Crippen molar-refractivity contribution in [3.63, 3.8) is 0 Å². The molecule has 1 atom stereocenters. The molecule has 26 heavy (non-hydrogen) atoms. The van der Waals surface area contributed by atoms with Crippen molar-refractivity contribution in [2.75, 3.05) is 10.6 Å². The number of nitrogens with zero attached hydrogens (tertiary/aromatic N) is 2. The molecule has 5 nitrogen and oxygen atoms in total. The molecule has 2 aromatic carbocycles. The number of halogens is 2. The predicted molar refractivity (Wildman–Crippen MR) is 110 cm³/mol. The lowest BCUT2D eigenvalue weighted by molar-refractivity contribution is 0.474. The van der Waals surface area contributed by atoms with E-state index < -0.39 is 0 Å². The van der Waals surface area contributed by atoms with Gasteiger partial charge in [0.2, 0.25) is 5.95 Å². The summed E-state index contributed by atoms with van der Waals surface area (Å²) >= 11 is 9.69. The van der Waals surface area contributed by atoms with Crippen molar-refractivity contribution in [1.82, 2.24) is 9.97 Å². The summed E-state index contributed by atoms with van der Waals surface area (Å²) in [5.41, 5.74) is 2.98. The zero-order valence-electron chi connectivity index (χ0n) is 14.1. The zero-order chi connectivity index (χ0) is 18.5. The van der Waals surface area contributed by atoms with Gasteiger partial charge >= 0.3 is 0 Å². The van der Waals surface area contributed by atoms with Crippen LogP contribution < -0.4 is 10.6 Å². The summed E-state index contributed by atoms with van der Waals surface area (Å²) in [7, 11) is 0. The van der Waals surface area contributed by atoms with Gasteiger partial charge in [0.15, 0.2) is 5.82 Å². The molecule has 1 heterocycles. The summed E-state index contributed by atoms with van der Waals surface area (Å²) in [5.74, 6) is 1.20. The minimum atomic E-state index is -0.0842. The van der Waals surface area contributed by atoms with Crippen LogP contribution in [0.4, 0.5) is 17.5 Å². The second-order valence-corrected chi connectivity index (χ2v) is 6.78. The number of alkyl halides is 1. The minimum Gasteiger partial charge on any atom is -0.508 e. The van der Waals surface area contributed by atoms with Crippen LogP contribution in [0.3, 0.4) is 0 Å². The smallest absolute Gasteiger partial charge is 0.229 e. The molecule has 0 amide bonds. The average Bonchev–Trinajstić information content (AvgIpc) is 2.64. The third-order valence-electron chi connectivity index (χ3n) is 3.80. The molecule has 0 saturated carbocycles. The van der Waals surface area contributed by atoms with Gasteiger partial charge in [-0.3, -0.25) is 0 Å². The van der Waals surface area contributed by atoms with Crippen molar-refractivity contribution in [1.29, 1.82) is 0 Å². The number of benzene rings is 2. The number of nitrogens with one attached hydrogen (secondary N) is 2. The number of hydrogen-bond acceptors (Lipinski definition) is 5. The SMILES string of the molecule is C[C@@H](Nc1nc(Nc2cccc(CBr)c2)ncc1Cl)c1cccc(O)c1. The first kappa shape index (κ1) is 18.5. The van der Waals surface area contributed by atoms with Crippen LogP contribution in [-0.2, 0) is 5.33 Å². The van der Waals surface area contributed by atoms with Gasteiger partial charge in [-0.1, -0.05) is 51.8 Å². The van der Waals surface area contributed by atoms with Gasteiger partial charge in [0.05, 0.1) is 12.2 Å². The summed E-state index contributed by atoms with van der Waals surface area (Å²) in [6.45, 7) is 1.97. The van der Waals surface area contributed by atoms with E-state index in [0.717, 1.165) is 22.1 Å². The average molecular weight is 434 g/mol. The first-order valence-corrected chi connectivity index (χ1v) is 9.55. The molecule has 3 N–H and O–H groups in total. The molecule has 0 aliphatic carbocycles. The second-order valence-electron chi connectivity index (χ2n) is 5.81. The molecule has 1 aromatic heterocycles. The van der Waals surface area contributed by atoms with E-state index in [1.165, 1.54) is 0 Å². The minimum absolute atomic E-state index is 0.0842. The Morgan fingerprint density at radius 3 is 2.77 bits per heavy atom. The molecule has 0 aliphatic rings. The number of aromatic hydroxyl groups is 1. The van der Waals surface area contributed by atoms with E-state index in [1.54, 1.807) is 24.4 Å². The Balaban J connectivity index is 1.79. The van der Waals surface area contributed by atoms with Gasteiger partial charge in [-0.05, 0) is 42.3 Å². The Hall–Kier alpha value is -2.31. The van der Waals surface area contributed by atoms with Crippen molar-refractivity contribution < 1.29 is 5.11 Å². The molecule has 0 fully saturated rings. The predicted octanol–water partition coefficient (Wildman–Crippen LogP) is 5.65. The normalized spacial score (nSPS) is 11.8. The van der Waals surface area contributed by atoms with Crippen molar-refractivity contribution in [3.05, 3.63) is 70.9 Å². The van der Waals surface area contributed by atoms with Crippen LogP contribution >= 0.6 is 27.5 Å². The van der Waals surface area contributed by atoms with Gasteiger partial charge in [-0.15, -0.1) is 0 Å². The number of phenols is 1. The first-order chi connectivity index (χ1) is 12.5. The first-order valence-electron chi connectivity index (χ1n) is 8.05. The lowest BCUT2D eigenvalue weighted by Gasteiger charge is -2.17. The van der Waals surface area contributed by atoms with E-state index in [9.17, 15) is 5.11 Å². The van der Waals surface area contributed by atoms with E-state index in [4.69, 9.17) is 11.6 Å². The number of aromatic nitrogens is 2. The Morgan fingerprint density at radius 1 is 1.19 bits per heavy atom. The quantitative estimate of drug-likeness (QED) is 0.438. The maximum atomic E-state index is 9.64. The molecule has 0 radical (unpaired) electrons. The highest BCUT2D eigenvalue weighted by Crippen LogP contribution is 2.27. The van der Waals surface area contributed by atoms with Gasteiger partial charge in [-0.25, -0.2) is 4.98 Å². The third kappa shape index (κ3) is 4.65. The Labute approximate surface area is 165 Å². The number of phenolic OH excluding ortho intramolecular Hbond substituents is 1.